The standard InChI is InChI=1S/C10H8NO2/c1-12-9-5-3-2-4-8(9)10-6-7-11-13-10/h2-7H,1H2. The minimum Gasteiger partial charge on any atom is -0.489 e. The molecular formula is C10H8NO2. The van der Waals surface area contributed by atoms with Crippen LogP contribution in [0.3, 0.4) is 0 Å². The van der Waals surface area contributed by atoms with Crippen LogP contribution in [0.1, 0.15) is 0 Å². The molecule has 0 aliphatic rings. The Hall–Kier alpha value is -1.77. The molecule has 3 nitrogen and oxygen atoms in total. The lowest BCUT2D eigenvalue weighted by Gasteiger charge is -2.03. The van der Waals surface area contributed by atoms with Crippen molar-refractivity contribution in [3.05, 3.63) is 43.6 Å². The molecule has 0 spiro atoms. The fourth-order valence-electron chi connectivity index (χ4n) is 1.15. The van der Waals surface area contributed by atoms with Crippen LogP contribution in [0.2, 0.25) is 0 Å². The van der Waals surface area contributed by atoms with Gasteiger partial charge in [-0.05, 0) is 12.1 Å². The molecule has 1 aromatic carbocycles. The molecule has 0 bridgehead atoms. The van der Waals surface area contributed by atoms with E-state index in [-0.39, 0.29) is 0 Å². The van der Waals surface area contributed by atoms with Crippen molar-refractivity contribution in [2.24, 2.45) is 0 Å². The van der Waals surface area contributed by atoms with Crippen LogP contribution >= 0.6 is 0 Å². The molecule has 0 N–H and O–H groups in total. The summed E-state index contributed by atoms with van der Waals surface area (Å²) in [6, 6.07) is 9.27. The van der Waals surface area contributed by atoms with E-state index in [9.17, 15) is 0 Å². The predicted molar refractivity (Wildman–Crippen MR) is 47.9 cm³/mol. The second kappa shape index (κ2) is 3.31. The van der Waals surface area contributed by atoms with Crippen molar-refractivity contribution in [3.63, 3.8) is 0 Å². The van der Waals surface area contributed by atoms with Crippen molar-refractivity contribution in [2.75, 3.05) is 0 Å². The molecule has 0 saturated heterocycles. The smallest absolute Gasteiger partial charge is 0.170 e. The van der Waals surface area contributed by atoms with Gasteiger partial charge in [-0.2, -0.15) is 0 Å². The minimum absolute atomic E-state index is 0.680. The number of rotatable bonds is 2. The van der Waals surface area contributed by atoms with Gasteiger partial charge in [-0.1, -0.05) is 17.3 Å². The monoisotopic (exact) mass is 174 g/mol. The Morgan fingerprint density at radius 3 is 2.77 bits per heavy atom. The van der Waals surface area contributed by atoms with Crippen molar-refractivity contribution in [1.29, 1.82) is 0 Å². The van der Waals surface area contributed by atoms with Gasteiger partial charge in [0.05, 0.1) is 11.8 Å². The molecule has 0 amide bonds. The Bertz CT molecular complexity index is 382. The van der Waals surface area contributed by atoms with E-state index in [0.29, 0.717) is 11.5 Å². The average molecular weight is 174 g/mol. The lowest BCUT2D eigenvalue weighted by atomic mass is 10.1. The quantitative estimate of drug-likeness (QED) is 0.701. The van der Waals surface area contributed by atoms with Crippen LogP contribution in [0.5, 0.6) is 5.75 Å². The Kier molecular flexibility index (Phi) is 2.00. The summed E-state index contributed by atoms with van der Waals surface area (Å²) >= 11 is 0. The van der Waals surface area contributed by atoms with Crippen LogP contribution in [-0.2, 0) is 0 Å². The van der Waals surface area contributed by atoms with Crippen molar-refractivity contribution < 1.29 is 9.26 Å². The van der Waals surface area contributed by atoms with E-state index < -0.39 is 0 Å². The topological polar surface area (TPSA) is 35.3 Å². The number of hydrogen-bond donors (Lipinski definition) is 0. The number of hydrogen-bond acceptors (Lipinski definition) is 3. The second-order valence-corrected chi connectivity index (χ2v) is 2.52. The first kappa shape index (κ1) is 7.86. The van der Waals surface area contributed by atoms with E-state index in [2.05, 4.69) is 12.3 Å². The molecule has 2 aromatic rings. The van der Waals surface area contributed by atoms with Crippen LogP contribution in [-0.4, -0.2) is 5.16 Å². The minimum atomic E-state index is 0.680. The molecule has 3 heteroatoms. The summed E-state index contributed by atoms with van der Waals surface area (Å²) in [6.07, 6.45) is 1.59. The van der Waals surface area contributed by atoms with E-state index in [1.807, 2.05) is 24.3 Å². The first-order valence-corrected chi connectivity index (χ1v) is 3.84. The number of para-hydroxylation sites is 1. The molecule has 0 fully saturated rings. The van der Waals surface area contributed by atoms with Crippen molar-refractivity contribution >= 4 is 0 Å². The van der Waals surface area contributed by atoms with E-state index in [4.69, 9.17) is 9.26 Å². The van der Waals surface area contributed by atoms with Gasteiger partial charge >= 0.3 is 0 Å². The van der Waals surface area contributed by atoms with E-state index in [0.717, 1.165) is 5.56 Å². The molecule has 0 atom stereocenters. The Balaban J connectivity index is 2.51. The van der Waals surface area contributed by atoms with Crippen molar-refractivity contribution in [3.8, 4) is 17.1 Å². The summed E-state index contributed by atoms with van der Waals surface area (Å²) in [5.74, 6) is 1.36. The first-order valence-electron chi connectivity index (χ1n) is 3.84. The van der Waals surface area contributed by atoms with Crippen LogP contribution in [0.25, 0.3) is 11.3 Å². The van der Waals surface area contributed by atoms with E-state index >= 15 is 0 Å². The van der Waals surface area contributed by atoms with Crippen LogP contribution < -0.4 is 4.74 Å². The second-order valence-electron chi connectivity index (χ2n) is 2.52. The zero-order chi connectivity index (χ0) is 9.10. The van der Waals surface area contributed by atoms with Gasteiger partial charge in [0.25, 0.3) is 0 Å². The van der Waals surface area contributed by atoms with Gasteiger partial charge < -0.3 is 9.26 Å². The number of ether oxygens (including phenoxy) is 1. The third-order valence-corrected chi connectivity index (χ3v) is 1.75. The predicted octanol–water partition coefficient (Wildman–Crippen LogP) is 2.51. The summed E-state index contributed by atoms with van der Waals surface area (Å²) < 4.78 is 9.94. The number of aromatic nitrogens is 1. The lowest BCUT2D eigenvalue weighted by Crippen LogP contribution is -1.83. The third-order valence-electron chi connectivity index (χ3n) is 1.75. The Labute approximate surface area is 75.9 Å². The number of nitrogens with zero attached hydrogens (tertiary/aromatic N) is 1. The molecule has 0 unspecified atom stereocenters. The highest BCUT2D eigenvalue weighted by molar-refractivity contribution is 5.65. The largest absolute Gasteiger partial charge is 0.489 e. The van der Waals surface area contributed by atoms with Gasteiger partial charge in [0.2, 0.25) is 0 Å². The maximum Gasteiger partial charge on any atom is 0.170 e. The number of benzene rings is 1. The molecule has 0 aliphatic carbocycles. The SMILES string of the molecule is [CH2]Oc1ccccc1-c1ccno1. The van der Waals surface area contributed by atoms with Gasteiger partial charge in [0.1, 0.15) is 12.9 Å². The third kappa shape index (κ3) is 1.40. The van der Waals surface area contributed by atoms with Crippen LogP contribution in [0.4, 0.5) is 0 Å². The summed E-state index contributed by atoms with van der Waals surface area (Å²) in [7, 11) is 3.36. The first-order chi connectivity index (χ1) is 6.42. The maximum absolute atomic E-state index is 5.00. The summed E-state index contributed by atoms with van der Waals surface area (Å²) in [4.78, 5) is 0. The Morgan fingerprint density at radius 2 is 2.08 bits per heavy atom. The highest BCUT2D eigenvalue weighted by Crippen LogP contribution is 2.28. The molecule has 0 aliphatic heterocycles. The highest BCUT2D eigenvalue weighted by Gasteiger charge is 2.06. The molecule has 13 heavy (non-hydrogen) atoms. The van der Waals surface area contributed by atoms with Gasteiger partial charge in [-0.3, -0.25) is 0 Å². The normalized spacial score (nSPS) is 9.92. The molecule has 1 radical (unpaired) electrons. The van der Waals surface area contributed by atoms with Gasteiger partial charge in [0, 0.05) is 6.07 Å². The zero-order valence-corrected chi connectivity index (χ0v) is 6.93. The fourth-order valence-corrected chi connectivity index (χ4v) is 1.15. The van der Waals surface area contributed by atoms with Gasteiger partial charge in [0.15, 0.2) is 5.76 Å². The van der Waals surface area contributed by atoms with Crippen molar-refractivity contribution in [2.45, 2.75) is 0 Å². The molecule has 1 heterocycles. The molecule has 65 valence electrons. The van der Waals surface area contributed by atoms with E-state index in [1.54, 1.807) is 12.3 Å². The maximum atomic E-state index is 5.00. The van der Waals surface area contributed by atoms with Crippen LogP contribution in [0, 0.1) is 7.11 Å². The summed E-state index contributed by atoms with van der Waals surface area (Å²) in [5.41, 5.74) is 0.856. The average Bonchev–Trinajstić information content (AvgIpc) is 2.70. The van der Waals surface area contributed by atoms with Gasteiger partial charge in [-0.25, -0.2) is 0 Å². The molecule has 1 aromatic heterocycles. The lowest BCUT2D eigenvalue weighted by molar-refractivity contribution is 0.426. The van der Waals surface area contributed by atoms with Gasteiger partial charge in [-0.15, -0.1) is 0 Å². The highest BCUT2D eigenvalue weighted by atomic mass is 16.5. The zero-order valence-electron chi connectivity index (χ0n) is 6.93. The molecular weight excluding hydrogens is 166 g/mol. The van der Waals surface area contributed by atoms with Crippen LogP contribution in [0.15, 0.2) is 41.1 Å². The fraction of sp³-hybridized carbons (Fsp3) is 0. The summed E-state index contributed by atoms with van der Waals surface area (Å²) in [5, 5.41) is 3.62. The summed E-state index contributed by atoms with van der Waals surface area (Å²) in [6.45, 7) is 0. The Morgan fingerprint density at radius 1 is 1.23 bits per heavy atom. The molecule has 2 rings (SSSR count). The molecule has 0 saturated carbocycles. The van der Waals surface area contributed by atoms with Crippen molar-refractivity contribution in [1.82, 2.24) is 5.16 Å². The van der Waals surface area contributed by atoms with E-state index in [1.165, 1.54) is 0 Å².